The van der Waals surface area contributed by atoms with Crippen molar-refractivity contribution in [2.24, 2.45) is 0 Å². The molecule has 0 radical (unpaired) electrons. The van der Waals surface area contributed by atoms with Gasteiger partial charge >= 0.3 is 12.1 Å². The zero-order chi connectivity index (χ0) is 26.9. The van der Waals surface area contributed by atoms with Gasteiger partial charge in [0, 0.05) is 5.56 Å². The molecule has 1 fully saturated rings. The zero-order valence-corrected chi connectivity index (χ0v) is 20.9. The molecule has 1 amide bonds. The molecule has 1 saturated carbocycles. The minimum absolute atomic E-state index is 0.419. The van der Waals surface area contributed by atoms with Crippen LogP contribution >= 0.6 is 0 Å². The lowest BCUT2D eigenvalue weighted by Crippen LogP contribution is -2.19. The van der Waals surface area contributed by atoms with E-state index in [1.807, 2.05) is 48.5 Å². The number of ether oxygens (including phenoxy) is 1. The van der Waals surface area contributed by atoms with E-state index >= 15 is 0 Å². The number of rotatable bonds is 7. The molecule has 3 aromatic carbocycles. The Hall–Kier alpha value is -4.90. The van der Waals surface area contributed by atoms with E-state index in [0.29, 0.717) is 35.5 Å². The molecular formula is C30H25N3O5. The monoisotopic (exact) mass is 507 g/mol. The SMILES string of the molecule is Cc1onc(-c2ccc(-c3ccc(C4(C(=O)O)CC4)cc3)cc2)c1NC(=O)OC(C)c1ccc(C#N)cc1. The Balaban J connectivity index is 1.29. The summed E-state index contributed by atoms with van der Waals surface area (Å²) >= 11 is 0. The van der Waals surface area contributed by atoms with Crippen LogP contribution in [0.25, 0.3) is 22.4 Å². The first-order valence-electron chi connectivity index (χ1n) is 12.2. The van der Waals surface area contributed by atoms with Crippen LogP contribution in [0.4, 0.5) is 10.5 Å². The fourth-order valence-electron chi connectivity index (χ4n) is 4.46. The van der Waals surface area contributed by atoms with Gasteiger partial charge in [-0.15, -0.1) is 0 Å². The Morgan fingerprint density at radius 3 is 2.13 bits per heavy atom. The van der Waals surface area contributed by atoms with Crippen LogP contribution in [0, 0.1) is 18.3 Å². The molecule has 1 atom stereocenters. The van der Waals surface area contributed by atoms with Crippen LogP contribution < -0.4 is 5.32 Å². The molecule has 1 aliphatic rings. The number of carboxylic acid groups (broad SMARTS) is 1. The number of nitrogens with one attached hydrogen (secondary N) is 1. The van der Waals surface area contributed by atoms with E-state index in [1.165, 1.54) is 0 Å². The summed E-state index contributed by atoms with van der Waals surface area (Å²) < 4.78 is 10.9. The lowest BCUT2D eigenvalue weighted by atomic mass is 9.93. The number of aromatic nitrogens is 1. The second kappa shape index (κ2) is 9.87. The first-order valence-corrected chi connectivity index (χ1v) is 12.2. The number of nitriles is 1. The minimum Gasteiger partial charge on any atom is -0.481 e. The number of carbonyl (C=O) groups excluding carboxylic acids is 1. The van der Waals surface area contributed by atoms with Gasteiger partial charge in [-0.05, 0) is 61.1 Å². The van der Waals surface area contributed by atoms with Gasteiger partial charge in [-0.2, -0.15) is 5.26 Å². The number of nitrogens with zero attached hydrogens (tertiary/aromatic N) is 2. The van der Waals surface area contributed by atoms with Crippen molar-refractivity contribution in [3.8, 4) is 28.5 Å². The second-order valence-electron chi connectivity index (χ2n) is 9.41. The van der Waals surface area contributed by atoms with E-state index < -0.39 is 23.6 Å². The number of hydrogen-bond acceptors (Lipinski definition) is 6. The van der Waals surface area contributed by atoms with Gasteiger partial charge in [0.2, 0.25) is 0 Å². The van der Waals surface area contributed by atoms with Crippen molar-refractivity contribution in [3.63, 3.8) is 0 Å². The summed E-state index contributed by atoms with van der Waals surface area (Å²) in [6, 6.07) is 24.2. The molecule has 8 heteroatoms. The smallest absolute Gasteiger partial charge is 0.412 e. The lowest BCUT2D eigenvalue weighted by molar-refractivity contribution is -0.140. The predicted molar refractivity (Wildman–Crippen MR) is 140 cm³/mol. The summed E-state index contributed by atoms with van der Waals surface area (Å²) in [4.78, 5) is 24.2. The summed E-state index contributed by atoms with van der Waals surface area (Å²) in [7, 11) is 0. The van der Waals surface area contributed by atoms with Crippen molar-refractivity contribution in [2.45, 2.75) is 38.2 Å². The van der Waals surface area contributed by atoms with Crippen molar-refractivity contribution in [3.05, 3.63) is 95.2 Å². The topological polar surface area (TPSA) is 125 Å². The molecule has 0 bridgehead atoms. The number of benzene rings is 3. The molecule has 1 unspecified atom stereocenters. The number of aryl methyl sites for hydroxylation is 1. The molecule has 190 valence electrons. The van der Waals surface area contributed by atoms with Gasteiger partial charge in [-0.25, -0.2) is 4.79 Å². The number of carboxylic acids is 1. The highest BCUT2D eigenvalue weighted by atomic mass is 16.6. The number of hydrogen-bond donors (Lipinski definition) is 2. The van der Waals surface area contributed by atoms with Gasteiger partial charge in [0.05, 0.1) is 17.0 Å². The number of amides is 1. The van der Waals surface area contributed by atoms with Crippen molar-refractivity contribution in [1.29, 1.82) is 5.26 Å². The lowest BCUT2D eigenvalue weighted by Gasteiger charge is -2.14. The Bertz CT molecular complexity index is 1530. The van der Waals surface area contributed by atoms with Crippen LogP contribution in [-0.2, 0) is 14.9 Å². The van der Waals surface area contributed by atoms with E-state index in [4.69, 9.17) is 14.5 Å². The van der Waals surface area contributed by atoms with Crippen LogP contribution in [0.1, 0.15) is 48.3 Å². The van der Waals surface area contributed by atoms with Crippen molar-refractivity contribution < 1.29 is 24.0 Å². The van der Waals surface area contributed by atoms with E-state index in [1.54, 1.807) is 38.1 Å². The second-order valence-corrected chi connectivity index (χ2v) is 9.41. The Labute approximate surface area is 219 Å². The van der Waals surface area contributed by atoms with E-state index in [2.05, 4.69) is 16.5 Å². The summed E-state index contributed by atoms with van der Waals surface area (Å²) in [5.74, 6) is -0.329. The molecular weight excluding hydrogens is 482 g/mol. The Morgan fingerprint density at radius 2 is 1.58 bits per heavy atom. The molecule has 1 aromatic heterocycles. The first-order chi connectivity index (χ1) is 18.3. The quantitative estimate of drug-likeness (QED) is 0.288. The first kappa shape index (κ1) is 24.8. The summed E-state index contributed by atoms with van der Waals surface area (Å²) in [6.45, 7) is 3.45. The maximum Gasteiger partial charge on any atom is 0.412 e. The van der Waals surface area contributed by atoms with Crippen molar-refractivity contribution >= 4 is 17.7 Å². The van der Waals surface area contributed by atoms with Gasteiger partial charge < -0.3 is 14.4 Å². The van der Waals surface area contributed by atoms with E-state index in [9.17, 15) is 14.7 Å². The Kier molecular flexibility index (Phi) is 6.43. The number of anilines is 1. The van der Waals surface area contributed by atoms with Gasteiger partial charge in [0.25, 0.3) is 0 Å². The highest BCUT2D eigenvalue weighted by molar-refractivity contribution is 5.91. The normalized spacial score (nSPS) is 14.2. The summed E-state index contributed by atoms with van der Waals surface area (Å²) in [6.07, 6.45) is 0.167. The van der Waals surface area contributed by atoms with Crippen molar-refractivity contribution in [1.82, 2.24) is 5.16 Å². The number of carbonyl (C=O) groups is 2. The molecule has 0 aliphatic heterocycles. The third-order valence-corrected chi connectivity index (χ3v) is 6.97. The number of aliphatic carboxylic acids is 1. The zero-order valence-electron chi connectivity index (χ0n) is 20.9. The third-order valence-electron chi connectivity index (χ3n) is 6.97. The molecule has 38 heavy (non-hydrogen) atoms. The van der Waals surface area contributed by atoms with Gasteiger partial charge in [-0.1, -0.05) is 65.8 Å². The van der Waals surface area contributed by atoms with Crippen LogP contribution in [-0.4, -0.2) is 22.3 Å². The molecule has 0 spiro atoms. The van der Waals surface area contributed by atoms with Crippen molar-refractivity contribution in [2.75, 3.05) is 5.32 Å². The molecule has 0 saturated heterocycles. The highest BCUT2D eigenvalue weighted by Gasteiger charge is 2.51. The summed E-state index contributed by atoms with van der Waals surface area (Å²) in [5.41, 5.74) is 4.98. The van der Waals surface area contributed by atoms with Gasteiger partial charge in [0.15, 0.2) is 5.76 Å². The predicted octanol–water partition coefficient (Wildman–Crippen LogP) is 6.61. The highest BCUT2D eigenvalue weighted by Crippen LogP contribution is 2.48. The molecule has 1 heterocycles. The van der Waals surface area contributed by atoms with Gasteiger partial charge in [0.1, 0.15) is 17.5 Å². The third kappa shape index (κ3) is 4.74. The maximum atomic E-state index is 12.6. The van der Waals surface area contributed by atoms with Crippen LogP contribution in [0.15, 0.2) is 77.3 Å². The molecule has 5 rings (SSSR count). The average Bonchev–Trinajstić information content (AvgIpc) is 3.68. The molecule has 2 N–H and O–H groups in total. The molecule has 8 nitrogen and oxygen atoms in total. The Morgan fingerprint density at radius 1 is 1.00 bits per heavy atom. The van der Waals surface area contributed by atoms with Crippen LogP contribution in [0.3, 0.4) is 0 Å². The maximum absolute atomic E-state index is 12.6. The fraction of sp³-hybridized carbons (Fsp3) is 0.200. The largest absolute Gasteiger partial charge is 0.481 e. The molecule has 4 aromatic rings. The fourth-order valence-corrected chi connectivity index (χ4v) is 4.46. The minimum atomic E-state index is -0.769. The van der Waals surface area contributed by atoms with Crippen LogP contribution in [0.5, 0.6) is 0 Å². The van der Waals surface area contributed by atoms with E-state index in [-0.39, 0.29) is 0 Å². The van der Waals surface area contributed by atoms with E-state index in [0.717, 1.165) is 27.8 Å². The van der Waals surface area contributed by atoms with Gasteiger partial charge in [-0.3, -0.25) is 10.1 Å². The summed E-state index contributed by atoms with van der Waals surface area (Å²) in [5, 5.41) is 25.3. The average molecular weight is 508 g/mol. The van der Waals surface area contributed by atoms with Crippen LogP contribution in [0.2, 0.25) is 0 Å². The molecule has 1 aliphatic carbocycles. The standard InChI is InChI=1S/C30H25N3O5/c1-18(21-5-3-20(17-31)4-6-21)37-29(36)32-26-19(2)38-33-27(26)24-9-7-22(8-10-24)23-11-13-25(14-12-23)30(15-16-30)28(34)35/h3-14,18H,15-16H2,1-2H3,(H,32,36)(H,34,35).